The summed E-state index contributed by atoms with van der Waals surface area (Å²) in [4.78, 5) is 55.8. The number of phenols is 1. The highest BCUT2D eigenvalue weighted by Crippen LogP contribution is 2.54. The molecule has 0 unspecified atom stereocenters. The number of piperazine rings is 1. The van der Waals surface area contributed by atoms with Crippen molar-refractivity contribution in [1.29, 1.82) is 5.26 Å². The van der Waals surface area contributed by atoms with E-state index in [9.17, 15) is 29.5 Å². The fraction of sp³-hybridized carbons (Fsp3) is 0.469. The van der Waals surface area contributed by atoms with Crippen LogP contribution in [0.15, 0.2) is 34.1 Å². The van der Waals surface area contributed by atoms with Crippen LogP contribution < -0.4 is 9.47 Å². The minimum absolute atomic E-state index is 0.0266. The van der Waals surface area contributed by atoms with Gasteiger partial charge in [0.1, 0.15) is 18.4 Å². The number of Topliss-reactive ketones (excluding diaryl/α,β-unsaturated/α-hetero) is 2. The topological polar surface area (TPSA) is 156 Å². The number of likely N-dealkylation sites (N-methyl/N-ethyl adjacent to an activating group) is 1. The summed E-state index contributed by atoms with van der Waals surface area (Å²) in [5, 5.41) is 22.2. The molecule has 2 bridgehead atoms. The van der Waals surface area contributed by atoms with Gasteiger partial charge in [-0.1, -0.05) is 6.08 Å². The molecule has 5 rings (SSSR count). The molecular weight excluding hydrogens is 570 g/mol. The number of rotatable bonds is 7. The van der Waals surface area contributed by atoms with E-state index in [1.54, 1.807) is 33.8 Å². The number of benzene rings is 1. The third-order valence-electron chi connectivity index (χ3n) is 9.53. The van der Waals surface area contributed by atoms with Gasteiger partial charge in [0.25, 0.3) is 6.47 Å². The Hall–Kier alpha value is -4.47. The zero-order valence-corrected chi connectivity index (χ0v) is 25.7. The molecule has 3 heterocycles. The predicted molar refractivity (Wildman–Crippen MR) is 155 cm³/mol. The molecule has 5 atom stereocenters. The molecule has 44 heavy (non-hydrogen) atoms. The summed E-state index contributed by atoms with van der Waals surface area (Å²) in [6.07, 6.45) is 1.88. The van der Waals surface area contributed by atoms with Crippen molar-refractivity contribution in [2.45, 2.75) is 70.7 Å². The van der Waals surface area contributed by atoms with Gasteiger partial charge in [-0.05, 0) is 47.6 Å². The molecule has 0 amide bonds. The molecular formula is C32H35N3O9. The van der Waals surface area contributed by atoms with Crippen LogP contribution in [0.5, 0.6) is 17.2 Å². The number of allylic oxidation sites excluding steroid dienone is 3. The average molecular weight is 606 g/mol. The summed E-state index contributed by atoms with van der Waals surface area (Å²) in [5.74, 6) is -1.30. The Labute approximate surface area is 255 Å². The van der Waals surface area contributed by atoms with E-state index in [2.05, 4.69) is 6.07 Å². The Balaban J connectivity index is 1.77. The Morgan fingerprint density at radius 1 is 1.11 bits per heavy atom. The highest BCUT2D eigenvalue weighted by Gasteiger charge is 2.59. The van der Waals surface area contributed by atoms with Crippen LogP contribution in [0.2, 0.25) is 0 Å². The second-order valence-electron chi connectivity index (χ2n) is 11.4. The molecule has 12 nitrogen and oxygen atoms in total. The smallest absolute Gasteiger partial charge is 0.333 e. The number of hydrogen-bond acceptors (Lipinski definition) is 12. The van der Waals surface area contributed by atoms with Crippen molar-refractivity contribution < 1.29 is 43.2 Å². The molecule has 1 aromatic carbocycles. The number of methoxy groups -OCH3 is 2. The summed E-state index contributed by atoms with van der Waals surface area (Å²) in [5.41, 5.74) is 2.35. The van der Waals surface area contributed by atoms with Gasteiger partial charge in [-0.2, -0.15) is 5.26 Å². The SMILES string of the molecule is C/C=C(/C)C(=O)OC[C@H]1c2c(O)c(OC)c(C)c(OC=O)c2C[C@H]2[C@H]3C4=C(C[C@H]([C@H](C#N)N12)N3C)C(=O)C(C)=C(OC)C4=O. The van der Waals surface area contributed by atoms with Crippen LogP contribution in [0.4, 0.5) is 0 Å². The van der Waals surface area contributed by atoms with E-state index in [-0.39, 0.29) is 60.3 Å². The minimum Gasteiger partial charge on any atom is -0.504 e. The number of phenolic OH excluding ortho intramolecular Hbond substituents is 1. The first-order chi connectivity index (χ1) is 21.0. The van der Waals surface area contributed by atoms with Crippen LogP contribution in [0.1, 0.15) is 49.9 Å². The third-order valence-corrected chi connectivity index (χ3v) is 9.53. The van der Waals surface area contributed by atoms with Crippen LogP contribution >= 0.6 is 0 Å². The van der Waals surface area contributed by atoms with E-state index in [1.165, 1.54) is 14.2 Å². The van der Waals surface area contributed by atoms with Gasteiger partial charge in [-0.3, -0.25) is 24.2 Å². The molecule has 0 radical (unpaired) electrons. The molecule has 0 saturated carbocycles. The van der Waals surface area contributed by atoms with Crippen molar-refractivity contribution in [3.8, 4) is 23.3 Å². The Morgan fingerprint density at radius 2 is 1.82 bits per heavy atom. The normalized spacial score (nSPS) is 26.8. The number of esters is 1. The highest BCUT2D eigenvalue weighted by atomic mass is 16.5. The van der Waals surface area contributed by atoms with Crippen LogP contribution in [0, 0.1) is 18.3 Å². The molecule has 3 aliphatic heterocycles. The van der Waals surface area contributed by atoms with E-state index in [0.29, 0.717) is 33.4 Å². The quantitative estimate of drug-likeness (QED) is 0.210. The van der Waals surface area contributed by atoms with Crippen LogP contribution in [-0.4, -0.2) is 91.0 Å². The van der Waals surface area contributed by atoms with Gasteiger partial charge < -0.3 is 24.1 Å². The molecule has 4 aliphatic rings. The fourth-order valence-corrected chi connectivity index (χ4v) is 7.39. The van der Waals surface area contributed by atoms with Crippen molar-refractivity contribution >= 4 is 24.0 Å². The molecule has 12 heteroatoms. The number of nitriles is 1. The van der Waals surface area contributed by atoms with Crippen LogP contribution in [0.25, 0.3) is 0 Å². The second kappa shape index (κ2) is 11.6. The third kappa shape index (κ3) is 4.33. The largest absolute Gasteiger partial charge is 0.504 e. The number of nitrogens with zero attached hydrogens (tertiary/aromatic N) is 3. The number of ketones is 2. The van der Waals surface area contributed by atoms with E-state index in [1.807, 2.05) is 16.8 Å². The van der Waals surface area contributed by atoms with E-state index in [0.717, 1.165) is 0 Å². The fourth-order valence-electron chi connectivity index (χ4n) is 7.39. The van der Waals surface area contributed by atoms with Gasteiger partial charge in [-0.15, -0.1) is 0 Å². The summed E-state index contributed by atoms with van der Waals surface area (Å²) in [6, 6.07) is -1.17. The van der Waals surface area contributed by atoms with Crippen molar-refractivity contribution in [3.63, 3.8) is 0 Å². The Bertz CT molecular complexity index is 1620. The predicted octanol–water partition coefficient (Wildman–Crippen LogP) is 2.37. The first-order valence-corrected chi connectivity index (χ1v) is 14.3. The second-order valence-corrected chi connectivity index (χ2v) is 11.4. The molecule has 1 aliphatic carbocycles. The number of aromatic hydroxyl groups is 1. The minimum atomic E-state index is -0.903. The first-order valence-electron chi connectivity index (χ1n) is 14.3. The average Bonchev–Trinajstić information content (AvgIpc) is 3.00. The van der Waals surface area contributed by atoms with Crippen LogP contribution in [-0.2, 0) is 35.1 Å². The van der Waals surface area contributed by atoms with E-state index >= 15 is 0 Å². The lowest BCUT2D eigenvalue weighted by atomic mass is 9.69. The van der Waals surface area contributed by atoms with E-state index < -0.39 is 42.0 Å². The zero-order chi connectivity index (χ0) is 32.2. The number of fused-ring (bicyclic) bond motifs is 6. The maximum atomic E-state index is 13.9. The summed E-state index contributed by atoms with van der Waals surface area (Å²) in [6.45, 7) is 6.52. The molecule has 232 valence electrons. The van der Waals surface area contributed by atoms with Crippen molar-refractivity contribution in [3.05, 3.63) is 50.8 Å². The number of ether oxygens (including phenoxy) is 4. The lowest BCUT2D eigenvalue weighted by molar-refractivity contribution is -0.144. The molecule has 1 saturated heterocycles. The monoisotopic (exact) mass is 605 g/mol. The van der Waals surface area contributed by atoms with Crippen molar-refractivity contribution in [1.82, 2.24) is 9.80 Å². The molecule has 1 N–H and O–H groups in total. The maximum Gasteiger partial charge on any atom is 0.333 e. The summed E-state index contributed by atoms with van der Waals surface area (Å²) < 4.78 is 22.1. The number of carbonyl (C=O) groups is 4. The standard InChI is InChI=1S/C32H35N3O9/c1-8-14(2)32(40)43-12-22-23-18(29(44-13-36)16(4)31(42-7)27(23)38)10-20-25-24-17(26(37)15(3)30(41-6)28(24)39)9-19(34(25)5)21(11-33)35(20)22/h8,13,19-22,25,38H,9-10,12H2,1-7H3/b14-8-/t19-,20+,21+,22+,25+/m1/s1. The number of carbonyl (C=O) groups excluding carboxylic acids is 4. The van der Waals surface area contributed by atoms with Gasteiger partial charge in [0.15, 0.2) is 23.0 Å². The molecule has 0 spiro atoms. The van der Waals surface area contributed by atoms with Crippen molar-refractivity contribution in [2.75, 3.05) is 27.9 Å². The molecule has 0 aromatic heterocycles. The van der Waals surface area contributed by atoms with Crippen LogP contribution in [0.3, 0.4) is 0 Å². The molecule has 1 aromatic rings. The summed E-state index contributed by atoms with van der Waals surface area (Å²) in [7, 11) is 4.53. The first kappa shape index (κ1) is 31.0. The Morgan fingerprint density at radius 3 is 2.41 bits per heavy atom. The maximum absolute atomic E-state index is 13.9. The van der Waals surface area contributed by atoms with Gasteiger partial charge in [0.2, 0.25) is 5.78 Å². The number of hydrogen-bond donors (Lipinski definition) is 1. The molecule has 1 fully saturated rings. The Kier molecular flexibility index (Phi) is 8.13. The van der Waals surface area contributed by atoms with Gasteiger partial charge in [-0.25, -0.2) is 4.79 Å². The zero-order valence-electron chi connectivity index (χ0n) is 25.7. The van der Waals surface area contributed by atoms with E-state index in [4.69, 9.17) is 18.9 Å². The van der Waals surface area contributed by atoms with Gasteiger partial charge in [0, 0.05) is 51.1 Å². The lowest BCUT2D eigenvalue weighted by Crippen LogP contribution is -2.72. The van der Waals surface area contributed by atoms with Gasteiger partial charge in [0.05, 0.1) is 32.4 Å². The highest BCUT2D eigenvalue weighted by molar-refractivity contribution is 6.25. The van der Waals surface area contributed by atoms with Gasteiger partial charge >= 0.3 is 5.97 Å². The summed E-state index contributed by atoms with van der Waals surface area (Å²) >= 11 is 0. The van der Waals surface area contributed by atoms with Crippen molar-refractivity contribution in [2.24, 2.45) is 0 Å². The lowest BCUT2D eigenvalue weighted by Gasteiger charge is -2.60.